The molecular formula is C14H19BrN2O2. The minimum atomic E-state index is -0.00202. The van der Waals surface area contributed by atoms with Gasteiger partial charge < -0.3 is 15.4 Å². The van der Waals surface area contributed by atoms with Crippen LogP contribution in [0.2, 0.25) is 0 Å². The van der Waals surface area contributed by atoms with Crippen LogP contribution in [0.1, 0.15) is 18.4 Å². The summed E-state index contributed by atoms with van der Waals surface area (Å²) in [6, 6.07) is 5.94. The van der Waals surface area contributed by atoms with Crippen LogP contribution in [0.3, 0.4) is 0 Å². The molecule has 5 heteroatoms. The van der Waals surface area contributed by atoms with E-state index in [-0.39, 0.29) is 18.6 Å². The molecule has 1 aromatic rings. The van der Waals surface area contributed by atoms with Crippen LogP contribution in [0.4, 0.5) is 5.69 Å². The van der Waals surface area contributed by atoms with Crippen LogP contribution < -0.4 is 10.6 Å². The van der Waals surface area contributed by atoms with Gasteiger partial charge in [-0.2, -0.15) is 0 Å². The molecule has 1 aromatic carbocycles. The Morgan fingerprint density at radius 1 is 1.53 bits per heavy atom. The molecule has 1 atom stereocenters. The number of carbonyl (C=O) groups excluding carboxylic acids is 1. The summed E-state index contributed by atoms with van der Waals surface area (Å²) in [5.74, 6) is -0.00202. The number of anilines is 1. The van der Waals surface area contributed by atoms with Crippen molar-refractivity contribution in [1.82, 2.24) is 5.32 Å². The highest BCUT2D eigenvalue weighted by atomic mass is 79.9. The Labute approximate surface area is 122 Å². The van der Waals surface area contributed by atoms with Gasteiger partial charge in [-0.25, -0.2) is 0 Å². The number of nitrogens with one attached hydrogen (secondary N) is 2. The molecule has 0 aliphatic carbocycles. The van der Waals surface area contributed by atoms with E-state index in [1.807, 2.05) is 25.1 Å². The molecule has 19 heavy (non-hydrogen) atoms. The second-order valence-corrected chi connectivity index (χ2v) is 5.67. The minimum Gasteiger partial charge on any atom is -0.376 e. The molecule has 0 saturated carbocycles. The lowest BCUT2D eigenvalue weighted by molar-refractivity contribution is -0.119. The number of aryl methyl sites for hydroxylation is 1. The van der Waals surface area contributed by atoms with Crippen molar-refractivity contribution in [1.29, 1.82) is 0 Å². The molecule has 1 fully saturated rings. The zero-order chi connectivity index (χ0) is 13.7. The predicted octanol–water partition coefficient (Wildman–Crippen LogP) is 2.46. The van der Waals surface area contributed by atoms with Gasteiger partial charge in [0.1, 0.15) is 0 Å². The van der Waals surface area contributed by atoms with Gasteiger partial charge >= 0.3 is 0 Å². The first-order valence-electron chi connectivity index (χ1n) is 6.53. The van der Waals surface area contributed by atoms with E-state index in [2.05, 4.69) is 26.6 Å². The number of ether oxygens (including phenoxy) is 1. The Balaban J connectivity index is 1.73. The number of amides is 1. The Morgan fingerprint density at radius 3 is 3.05 bits per heavy atom. The predicted molar refractivity (Wildman–Crippen MR) is 79.4 cm³/mol. The summed E-state index contributed by atoms with van der Waals surface area (Å²) in [7, 11) is 0. The number of hydrogen-bond acceptors (Lipinski definition) is 3. The van der Waals surface area contributed by atoms with Gasteiger partial charge in [-0.15, -0.1) is 0 Å². The standard InChI is InChI=1S/C14H19BrN2O2/c1-10-7-11(15)4-5-13(10)16-9-14(18)17-8-12-3-2-6-19-12/h4-5,7,12,16H,2-3,6,8-9H2,1H3,(H,17,18). The van der Waals surface area contributed by atoms with Crippen molar-refractivity contribution in [2.24, 2.45) is 0 Å². The van der Waals surface area contributed by atoms with Crippen molar-refractivity contribution in [2.45, 2.75) is 25.9 Å². The van der Waals surface area contributed by atoms with Gasteiger partial charge in [0, 0.05) is 23.3 Å². The lowest BCUT2D eigenvalue weighted by Crippen LogP contribution is -2.35. The highest BCUT2D eigenvalue weighted by molar-refractivity contribution is 9.10. The maximum atomic E-state index is 11.7. The third kappa shape index (κ3) is 4.51. The van der Waals surface area contributed by atoms with Gasteiger partial charge in [-0.05, 0) is 43.5 Å². The summed E-state index contributed by atoms with van der Waals surface area (Å²) in [5.41, 5.74) is 2.09. The Hall–Kier alpha value is -1.07. The van der Waals surface area contributed by atoms with Crippen LogP contribution >= 0.6 is 15.9 Å². The molecule has 1 heterocycles. The van der Waals surface area contributed by atoms with Gasteiger partial charge in [-0.1, -0.05) is 15.9 Å². The zero-order valence-corrected chi connectivity index (χ0v) is 12.6. The van der Waals surface area contributed by atoms with Gasteiger partial charge in [0.2, 0.25) is 5.91 Å². The van der Waals surface area contributed by atoms with Crippen LogP contribution in [-0.4, -0.2) is 31.7 Å². The van der Waals surface area contributed by atoms with Crippen LogP contribution in [0.5, 0.6) is 0 Å². The monoisotopic (exact) mass is 326 g/mol. The molecule has 1 unspecified atom stereocenters. The van der Waals surface area contributed by atoms with Crippen molar-refractivity contribution in [3.8, 4) is 0 Å². The first kappa shape index (κ1) is 14.3. The lowest BCUT2D eigenvalue weighted by Gasteiger charge is -2.12. The van der Waals surface area contributed by atoms with E-state index in [1.165, 1.54) is 0 Å². The normalized spacial score (nSPS) is 18.3. The van der Waals surface area contributed by atoms with Crippen LogP contribution in [0, 0.1) is 6.92 Å². The molecule has 1 aliphatic rings. The summed E-state index contributed by atoms with van der Waals surface area (Å²) in [6.45, 7) is 3.73. The molecule has 1 saturated heterocycles. The fourth-order valence-electron chi connectivity index (χ4n) is 2.10. The smallest absolute Gasteiger partial charge is 0.239 e. The number of carbonyl (C=O) groups is 1. The minimum absolute atomic E-state index is 0.00202. The Morgan fingerprint density at radius 2 is 2.37 bits per heavy atom. The zero-order valence-electron chi connectivity index (χ0n) is 11.0. The van der Waals surface area contributed by atoms with Crippen LogP contribution in [0.25, 0.3) is 0 Å². The fourth-order valence-corrected chi connectivity index (χ4v) is 2.57. The van der Waals surface area contributed by atoms with Gasteiger partial charge in [0.15, 0.2) is 0 Å². The van der Waals surface area contributed by atoms with Gasteiger partial charge in [-0.3, -0.25) is 4.79 Å². The van der Waals surface area contributed by atoms with Crippen molar-refractivity contribution in [2.75, 3.05) is 25.0 Å². The van der Waals surface area contributed by atoms with Crippen molar-refractivity contribution < 1.29 is 9.53 Å². The SMILES string of the molecule is Cc1cc(Br)ccc1NCC(=O)NCC1CCCO1. The summed E-state index contributed by atoms with van der Waals surface area (Å²) < 4.78 is 6.50. The molecule has 2 rings (SSSR count). The fraction of sp³-hybridized carbons (Fsp3) is 0.500. The highest BCUT2D eigenvalue weighted by Gasteiger charge is 2.15. The van der Waals surface area contributed by atoms with Crippen LogP contribution in [-0.2, 0) is 9.53 Å². The second-order valence-electron chi connectivity index (χ2n) is 4.75. The van der Waals surface area contributed by atoms with E-state index >= 15 is 0 Å². The quantitative estimate of drug-likeness (QED) is 0.873. The first-order valence-corrected chi connectivity index (χ1v) is 7.33. The lowest BCUT2D eigenvalue weighted by atomic mass is 10.2. The third-order valence-electron chi connectivity index (χ3n) is 3.18. The topological polar surface area (TPSA) is 50.4 Å². The average molecular weight is 327 g/mol. The van der Waals surface area contributed by atoms with Gasteiger partial charge in [0.05, 0.1) is 12.6 Å². The first-order chi connectivity index (χ1) is 9.15. The van der Waals surface area contributed by atoms with E-state index in [9.17, 15) is 4.79 Å². The van der Waals surface area contributed by atoms with E-state index < -0.39 is 0 Å². The average Bonchev–Trinajstić information content (AvgIpc) is 2.88. The highest BCUT2D eigenvalue weighted by Crippen LogP contribution is 2.19. The molecule has 4 nitrogen and oxygen atoms in total. The van der Waals surface area contributed by atoms with Crippen molar-refractivity contribution >= 4 is 27.5 Å². The van der Waals surface area contributed by atoms with Crippen LogP contribution in [0.15, 0.2) is 22.7 Å². The van der Waals surface area contributed by atoms with Crippen molar-refractivity contribution in [3.05, 3.63) is 28.2 Å². The second kappa shape index (κ2) is 6.91. The van der Waals surface area contributed by atoms with E-state index in [1.54, 1.807) is 0 Å². The summed E-state index contributed by atoms with van der Waals surface area (Å²) in [5, 5.41) is 6.03. The molecule has 0 radical (unpaired) electrons. The molecule has 0 aromatic heterocycles. The Bertz CT molecular complexity index is 445. The molecule has 1 aliphatic heterocycles. The summed E-state index contributed by atoms with van der Waals surface area (Å²) in [6.07, 6.45) is 2.33. The third-order valence-corrected chi connectivity index (χ3v) is 3.67. The number of hydrogen-bond donors (Lipinski definition) is 2. The largest absolute Gasteiger partial charge is 0.376 e. The molecule has 104 valence electrons. The maximum absolute atomic E-state index is 11.7. The number of halogens is 1. The van der Waals surface area contributed by atoms with Gasteiger partial charge in [0.25, 0.3) is 0 Å². The molecule has 2 N–H and O–H groups in total. The van der Waals surface area contributed by atoms with Crippen molar-refractivity contribution in [3.63, 3.8) is 0 Å². The van der Waals surface area contributed by atoms with E-state index in [0.29, 0.717) is 6.54 Å². The summed E-state index contributed by atoms with van der Waals surface area (Å²) >= 11 is 3.42. The van der Waals surface area contributed by atoms with E-state index in [0.717, 1.165) is 35.2 Å². The number of benzene rings is 1. The van der Waals surface area contributed by atoms with E-state index in [4.69, 9.17) is 4.74 Å². The number of rotatable bonds is 5. The summed E-state index contributed by atoms with van der Waals surface area (Å²) in [4.78, 5) is 11.7. The molecule has 0 bridgehead atoms. The molecular weight excluding hydrogens is 308 g/mol. The molecule has 1 amide bonds. The maximum Gasteiger partial charge on any atom is 0.239 e. The molecule has 0 spiro atoms. The Kier molecular flexibility index (Phi) is 5.22.